The number of aromatic carboxylic acids is 1. The predicted octanol–water partition coefficient (Wildman–Crippen LogP) is 3.83. The molecule has 2 aromatic rings. The average Bonchev–Trinajstić information content (AvgIpc) is 3.37. The first-order valence-electron chi connectivity index (χ1n) is 12.4. The van der Waals surface area contributed by atoms with Crippen LogP contribution in [-0.2, 0) is 14.8 Å². The van der Waals surface area contributed by atoms with Gasteiger partial charge in [-0.2, -0.15) is 13.2 Å². The van der Waals surface area contributed by atoms with Gasteiger partial charge in [-0.05, 0) is 69.8 Å². The van der Waals surface area contributed by atoms with Gasteiger partial charge in [0.25, 0.3) is 10.0 Å². The summed E-state index contributed by atoms with van der Waals surface area (Å²) in [6.07, 6.45) is 0.935. The van der Waals surface area contributed by atoms with Crippen LogP contribution in [0.4, 0.5) is 24.7 Å². The van der Waals surface area contributed by atoms with Crippen LogP contribution in [0.3, 0.4) is 0 Å². The number of carboxylic acid groups (broad SMARTS) is 2. The zero-order valence-corrected chi connectivity index (χ0v) is 22.1. The number of anilines is 2. The third-order valence-electron chi connectivity index (χ3n) is 6.46. The Balaban J connectivity index is 0.000000532. The number of rotatable bonds is 7. The number of sulfonamides is 1. The largest absolute Gasteiger partial charge is 0.490 e. The molecular formula is C25H31F3N4O6S. The number of alkyl halides is 3. The van der Waals surface area contributed by atoms with Gasteiger partial charge < -0.3 is 20.0 Å². The molecular weight excluding hydrogens is 541 g/mol. The van der Waals surface area contributed by atoms with E-state index in [1.807, 2.05) is 11.8 Å². The van der Waals surface area contributed by atoms with Gasteiger partial charge in [0.1, 0.15) is 11.4 Å². The molecule has 39 heavy (non-hydrogen) atoms. The van der Waals surface area contributed by atoms with Gasteiger partial charge in [-0.1, -0.05) is 17.7 Å². The minimum atomic E-state index is -5.08. The fraction of sp³-hybridized carbons (Fsp3) is 0.480. The van der Waals surface area contributed by atoms with E-state index in [-0.39, 0.29) is 16.1 Å². The Kier molecular flexibility index (Phi) is 9.78. The van der Waals surface area contributed by atoms with E-state index in [4.69, 9.17) is 9.90 Å². The molecule has 0 radical (unpaired) electrons. The van der Waals surface area contributed by atoms with E-state index >= 15 is 0 Å². The number of aliphatic carboxylic acids is 1. The Bertz CT molecular complexity index is 1270. The van der Waals surface area contributed by atoms with Crippen molar-refractivity contribution in [3.05, 3.63) is 47.7 Å². The van der Waals surface area contributed by atoms with Gasteiger partial charge >= 0.3 is 18.1 Å². The lowest BCUT2D eigenvalue weighted by molar-refractivity contribution is -0.192. The highest BCUT2D eigenvalue weighted by atomic mass is 32.2. The van der Waals surface area contributed by atoms with Crippen molar-refractivity contribution in [3.8, 4) is 0 Å². The average molecular weight is 573 g/mol. The molecule has 214 valence electrons. The van der Waals surface area contributed by atoms with Crippen LogP contribution in [0.25, 0.3) is 0 Å². The molecule has 2 aliphatic rings. The van der Waals surface area contributed by atoms with Crippen molar-refractivity contribution in [3.63, 3.8) is 0 Å². The van der Waals surface area contributed by atoms with E-state index in [0.717, 1.165) is 51.1 Å². The predicted molar refractivity (Wildman–Crippen MR) is 137 cm³/mol. The monoisotopic (exact) mass is 572 g/mol. The summed E-state index contributed by atoms with van der Waals surface area (Å²) in [7, 11) is -3.83. The standard InChI is InChI=1S/C23H30N4O4S.C2HF3O2/c1-17-6-8-20(9-7-17)32(30,31)25-19-13-21(23(28)29)22(24-14-19)27-12-4-5-18(16-27)15-26-10-2-3-11-26;3-2(4,5)1(6)7/h6-9,13-14,18,25H,2-5,10-12,15-16H2,1H3,(H,28,29);(H,6,7). The molecule has 3 N–H and O–H groups in total. The quantitative estimate of drug-likeness (QED) is 0.452. The second-order valence-electron chi connectivity index (χ2n) is 9.58. The summed E-state index contributed by atoms with van der Waals surface area (Å²) in [6.45, 7) is 6.71. The van der Waals surface area contributed by atoms with Crippen molar-refractivity contribution >= 4 is 33.5 Å². The summed E-state index contributed by atoms with van der Waals surface area (Å²) in [5.74, 6) is -3.00. The maximum absolute atomic E-state index is 12.7. The molecule has 4 rings (SSSR count). The molecule has 0 spiro atoms. The maximum atomic E-state index is 12.7. The van der Waals surface area contributed by atoms with Gasteiger partial charge in [-0.15, -0.1) is 0 Å². The van der Waals surface area contributed by atoms with Crippen molar-refractivity contribution in [1.29, 1.82) is 0 Å². The Morgan fingerprint density at radius 3 is 2.26 bits per heavy atom. The highest BCUT2D eigenvalue weighted by Crippen LogP contribution is 2.28. The summed E-state index contributed by atoms with van der Waals surface area (Å²) in [5.41, 5.74) is 1.10. The second kappa shape index (κ2) is 12.6. The van der Waals surface area contributed by atoms with Crippen LogP contribution >= 0.6 is 0 Å². The second-order valence-corrected chi connectivity index (χ2v) is 11.3. The molecule has 0 saturated carbocycles. The highest BCUT2D eigenvalue weighted by molar-refractivity contribution is 7.92. The molecule has 0 amide bonds. The van der Waals surface area contributed by atoms with Crippen LogP contribution in [0.1, 0.15) is 41.6 Å². The first kappa shape index (κ1) is 30.2. The van der Waals surface area contributed by atoms with Crippen LogP contribution in [0.2, 0.25) is 0 Å². The molecule has 10 nitrogen and oxygen atoms in total. The molecule has 1 unspecified atom stereocenters. The molecule has 2 aliphatic heterocycles. The number of carbonyl (C=O) groups is 2. The normalized spacial score (nSPS) is 18.3. The summed E-state index contributed by atoms with van der Waals surface area (Å²) in [6, 6.07) is 7.83. The number of piperidine rings is 1. The van der Waals surface area contributed by atoms with E-state index in [0.29, 0.717) is 11.7 Å². The third-order valence-corrected chi connectivity index (χ3v) is 7.85. The van der Waals surface area contributed by atoms with Crippen molar-refractivity contribution in [2.45, 2.75) is 43.7 Å². The Morgan fingerprint density at radius 2 is 1.69 bits per heavy atom. The van der Waals surface area contributed by atoms with E-state index in [2.05, 4.69) is 14.6 Å². The van der Waals surface area contributed by atoms with Gasteiger partial charge in [0.05, 0.1) is 16.8 Å². The Hall–Kier alpha value is -3.39. The summed E-state index contributed by atoms with van der Waals surface area (Å²) in [4.78, 5) is 29.9. The molecule has 0 aliphatic carbocycles. The van der Waals surface area contributed by atoms with Crippen LogP contribution in [0, 0.1) is 12.8 Å². The van der Waals surface area contributed by atoms with Crippen LogP contribution < -0.4 is 9.62 Å². The SMILES string of the molecule is Cc1ccc(S(=O)(=O)Nc2cnc(N3CCCC(CN4CCCC4)C3)c(C(=O)O)c2)cc1.O=C(O)C(F)(F)F. The van der Waals surface area contributed by atoms with Gasteiger partial charge in [0, 0.05) is 19.6 Å². The molecule has 2 saturated heterocycles. The van der Waals surface area contributed by atoms with Crippen molar-refractivity contribution in [1.82, 2.24) is 9.88 Å². The van der Waals surface area contributed by atoms with Crippen molar-refractivity contribution in [2.75, 3.05) is 42.3 Å². The smallest absolute Gasteiger partial charge is 0.478 e. The molecule has 3 heterocycles. The van der Waals surface area contributed by atoms with Crippen molar-refractivity contribution in [2.24, 2.45) is 5.92 Å². The molecule has 14 heteroatoms. The Labute approximate surface area is 224 Å². The number of nitrogens with zero attached hydrogens (tertiary/aromatic N) is 3. The first-order chi connectivity index (χ1) is 18.3. The highest BCUT2D eigenvalue weighted by Gasteiger charge is 2.38. The lowest BCUT2D eigenvalue weighted by Gasteiger charge is -2.36. The maximum Gasteiger partial charge on any atom is 0.490 e. The number of likely N-dealkylation sites (tertiary alicyclic amines) is 1. The van der Waals surface area contributed by atoms with Gasteiger partial charge in [0.2, 0.25) is 0 Å². The zero-order chi connectivity index (χ0) is 28.8. The molecule has 1 atom stereocenters. The van der Waals surface area contributed by atoms with E-state index in [1.165, 1.54) is 37.2 Å². The van der Waals surface area contributed by atoms with E-state index < -0.39 is 28.1 Å². The summed E-state index contributed by atoms with van der Waals surface area (Å²) < 4.78 is 59.6. The number of hydrogen-bond acceptors (Lipinski definition) is 7. The fourth-order valence-corrected chi connectivity index (χ4v) is 5.63. The fourth-order valence-electron chi connectivity index (χ4n) is 4.59. The topological polar surface area (TPSA) is 140 Å². The van der Waals surface area contributed by atoms with Crippen LogP contribution in [0.15, 0.2) is 41.4 Å². The number of halogens is 3. The van der Waals surface area contributed by atoms with E-state index in [9.17, 15) is 31.5 Å². The van der Waals surface area contributed by atoms with Gasteiger partial charge in [0.15, 0.2) is 0 Å². The minimum Gasteiger partial charge on any atom is -0.478 e. The molecule has 2 fully saturated rings. The zero-order valence-electron chi connectivity index (χ0n) is 21.3. The minimum absolute atomic E-state index is 0.0101. The van der Waals surface area contributed by atoms with Gasteiger partial charge in [-0.3, -0.25) is 4.72 Å². The number of aromatic nitrogens is 1. The number of aryl methyl sites for hydroxylation is 1. The first-order valence-corrected chi connectivity index (χ1v) is 13.8. The van der Waals surface area contributed by atoms with Gasteiger partial charge in [-0.25, -0.2) is 23.0 Å². The molecule has 0 bridgehead atoms. The summed E-state index contributed by atoms with van der Waals surface area (Å²) in [5, 5.41) is 16.9. The van der Waals surface area contributed by atoms with Crippen LogP contribution in [0.5, 0.6) is 0 Å². The van der Waals surface area contributed by atoms with E-state index in [1.54, 1.807) is 12.1 Å². The Morgan fingerprint density at radius 1 is 1.08 bits per heavy atom. The summed E-state index contributed by atoms with van der Waals surface area (Å²) >= 11 is 0. The lowest BCUT2D eigenvalue weighted by Crippen LogP contribution is -2.41. The lowest BCUT2D eigenvalue weighted by atomic mass is 9.97. The van der Waals surface area contributed by atoms with Crippen LogP contribution in [-0.4, -0.2) is 79.4 Å². The molecule has 1 aromatic heterocycles. The number of nitrogens with one attached hydrogen (secondary N) is 1. The number of pyridine rings is 1. The number of hydrogen-bond donors (Lipinski definition) is 3. The number of carboxylic acids is 2. The third kappa shape index (κ3) is 8.55. The van der Waals surface area contributed by atoms with Crippen molar-refractivity contribution < 1.29 is 41.4 Å². The molecule has 1 aromatic carbocycles. The number of benzene rings is 1.